The molecule has 192 valence electrons. The van der Waals surface area contributed by atoms with Gasteiger partial charge in [-0.15, -0.1) is 0 Å². The molecular weight excluding hydrogens is 495 g/mol. The maximum absolute atomic E-state index is 15.3. The smallest absolute Gasteiger partial charge is 0.259 e. The Bertz CT molecular complexity index is 1560. The third-order valence-electron chi connectivity index (χ3n) is 6.98. The minimum absolute atomic E-state index is 0.0307. The molecule has 4 aromatic rings. The van der Waals surface area contributed by atoms with Crippen LogP contribution in [-0.4, -0.2) is 41.7 Å². The van der Waals surface area contributed by atoms with Gasteiger partial charge in [-0.1, -0.05) is 23.7 Å². The lowest BCUT2D eigenvalue weighted by Crippen LogP contribution is -2.20. The van der Waals surface area contributed by atoms with Crippen molar-refractivity contribution in [2.24, 2.45) is 0 Å². The minimum Gasteiger partial charge on any atom is -0.398 e. The quantitative estimate of drug-likeness (QED) is 0.145. The van der Waals surface area contributed by atoms with Gasteiger partial charge in [0.1, 0.15) is 5.82 Å². The fourth-order valence-corrected chi connectivity index (χ4v) is 5.48. The molecule has 0 spiro atoms. The maximum Gasteiger partial charge on any atom is 0.259 e. The van der Waals surface area contributed by atoms with Gasteiger partial charge < -0.3 is 20.7 Å². The predicted molar refractivity (Wildman–Crippen MR) is 145 cm³/mol. The topological polar surface area (TPSA) is 109 Å². The molecule has 37 heavy (non-hydrogen) atoms. The van der Waals surface area contributed by atoms with E-state index < -0.39 is 11.8 Å². The van der Waals surface area contributed by atoms with E-state index in [0.717, 1.165) is 24.9 Å². The van der Waals surface area contributed by atoms with Crippen molar-refractivity contribution in [3.05, 3.63) is 63.9 Å². The number of anilines is 1. The van der Waals surface area contributed by atoms with Crippen molar-refractivity contribution >= 4 is 50.9 Å². The van der Waals surface area contributed by atoms with Gasteiger partial charge in [0.15, 0.2) is 0 Å². The number of nitrogens with one attached hydrogen (secondary N) is 2. The number of nitrogen functional groups attached to an aromatic ring is 1. The fourth-order valence-electron chi connectivity index (χ4n) is 5.25. The van der Waals surface area contributed by atoms with Crippen LogP contribution in [0.5, 0.6) is 0 Å². The Hall–Kier alpha value is -3.46. The van der Waals surface area contributed by atoms with Crippen LogP contribution in [0, 0.1) is 5.82 Å². The van der Waals surface area contributed by atoms with Gasteiger partial charge in [0.05, 0.1) is 27.4 Å². The average Bonchev–Trinajstić information content (AvgIpc) is 3.34. The number of benzene rings is 3. The van der Waals surface area contributed by atoms with E-state index in [1.807, 2.05) is 23.7 Å². The molecule has 2 heterocycles. The Morgan fingerprint density at radius 3 is 2.59 bits per heavy atom. The molecule has 0 atom stereocenters. The molecule has 0 saturated carbocycles. The summed E-state index contributed by atoms with van der Waals surface area (Å²) in [5.74, 6) is -1.42. The van der Waals surface area contributed by atoms with E-state index in [2.05, 4.69) is 10.6 Å². The summed E-state index contributed by atoms with van der Waals surface area (Å²) in [6.45, 7) is 1.27. The van der Waals surface area contributed by atoms with Crippen LogP contribution < -0.4 is 16.4 Å². The number of hydrogen-bond donors (Lipinski definition) is 4. The Kier molecular flexibility index (Phi) is 6.90. The molecule has 9 heteroatoms. The molecule has 5 rings (SSSR count). The van der Waals surface area contributed by atoms with E-state index in [9.17, 15) is 14.7 Å². The molecule has 0 aliphatic carbocycles. The molecule has 1 aliphatic heterocycles. The lowest BCUT2D eigenvalue weighted by Gasteiger charge is -2.13. The number of aliphatic hydroxyl groups is 1. The van der Waals surface area contributed by atoms with Crippen LogP contribution in [0.2, 0.25) is 5.02 Å². The second kappa shape index (κ2) is 10.1. The Morgan fingerprint density at radius 1 is 1.05 bits per heavy atom. The van der Waals surface area contributed by atoms with Crippen molar-refractivity contribution in [3.8, 4) is 11.1 Å². The Balaban J connectivity index is 1.83. The lowest BCUT2D eigenvalue weighted by atomic mass is 9.92. The first kappa shape index (κ1) is 25.2. The standard InChI is InChI=1S/C28H28ClFN4O3/c1-32-9-3-2-6-15-12-21-18(13-19(15)30)23-22(34(21)10-5-11-35)14-17(16-7-4-8-20(31)26(16)29)24-25(23)28(37)33-27(24)36/h4,7-8,12-14,32,35H,2-3,5-6,9-11,31H2,1H3,(H,33,36,37). The lowest BCUT2D eigenvalue weighted by molar-refractivity contribution is 0.0880. The van der Waals surface area contributed by atoms with Crippen LogP contribution in [0.1, 0.15) is 45.5 Å². The Morgan fingerprint density at radius 2 is 1.84 bits per heavy atom. The van der Waals surface area contributed by atoms with Crippen LogP contribution in [-0.2, 0) is 13.0 Å². The summed E-state index contributed by atoms with van der Waals surface area (Å²) in [4.78, 5) is 26.1. The predicted octanol–water partition coefficient (Wildman–Crippen LogP) is 4.64. The first-order chi connectivity index (χ1) is 17.9. The highest BCUT2D eigenvalue weighted by Gasteiger charge is 2.35. The summed E-state index contributed by atoms with van der Waals surface area (Å²) in [6, 6.07) is 10.3. The Labute approximate surface area is 218 Å². The number of halogens is 2. The second-order valence-corrected chi connectivity index (χ2v) is 9.69. The SMILES string of the molecule is CNCCCCc1cc2c(cc1F)c1c3c(c(-c4cccc(N)c4Cl)cc1n2CCCO)C(=O)NC3=O. The molecule has 0 fully saturated rings. The first-order valence-corrected chi connectivity index (χ1v) is 12.7. The highest BCUT2D eigenvalue weighted by Crippen LogP contribution is 2.43. The minimum atomic E-state index is -0.537. The molecule has 0 bridgehead atoms. The number of fused-ring (bicyclic) bond motifs is 5. The van der Waals surface area contributed by atoms with Gasteiger partial charge in [0.2, 0.25) is 0 Å². The largest absolute Gasteiger partial charge is 0.398 e. The molecule has 0 radical (unpaired) electrons. The molecule has 1 aromatic heterocycles. The zero-order valence-corrected chi connectivity index (χ0v) is 21.2. The van der Waals surface area contributed by atoms with Crippen molar-refractivity contribution < 1.29 is 19.1 Å². The number of aryl methyl sites for hydroxylation is 2. The molecule has 5 N–H and O–H groups in total. The van der Waals surface area contributed by atoms with Gasteiger partial charge in [-0.2, -0.15) is 0 Å². The van der Waals surface area contributed by atoms with Crippen molar-refractivity contribution in [2.45, 2.75) is 32.2 Å². The number of aromatic nitrogens is 1. The number of nitrogens with zero attached hydrogens (tertiary/aromatic N) is 1. The zero-order chi connectivity index (χ0) is 26.3. The summed E-state index contributed by atoms with van der Waals surface area (Å²) < 4.78 is 17.3. The van der Waals surface area contributed by atoms with Crippen LogP contribution in [0.4, 0.5) is 10.1 Å². The fraction of sp³-hybridized carbons (Fsp3) is 0.286. The van der Waals surface area contributed by atoms with Crippen molar-refractivity contribution in [1.29, 1.82) is 0 Å². The van der Waals surface area contributed by atoms with Crippen molar-refractivity contribution in [3.63, 3.8) is 0 Å². The highest BCUT2D eigenvalue weighted by molar-refractivity contribution is 6.37. The number of carbonyl (C=O) groups excluding carboxylic acids is 2. The molecule has 0 saturated heterocycles. The number of rotatable bonds is 9. The van der Waals surface area contributed by atoms with E-state index in [0.29, 0.717) is 58.1 Å². The van der Waals surface area contributed by atoms with Gasteiger partial charge in [0.25, 0.3) is 11.8 Å². The van der Waals surface area contributed by atoms with E-state index in [1.165, 1.54) is 6.07 Å². The maximum atomic E-state index is 15.3. The van der Waals surface area contributed by atoms with Gasteiger partial charge in [-0.3, -0.25) is 14.9 Å². The van der Waals surface area contributed by atoms with Gasteiger partial charge in [-0.05, 0) is 74.7 Å². The second-order valence-electron chi connectivity index (χ2n) is 9.31. The average molecular weight is 523 g/mol. The zero-order valence-electron chi connectivity index (χ0n) is 20.5. The normalized spacial score (nSPS) is 13.1. The summed E-state index contributed by atoms with van der Waals surface area (Å²) in [5, 5.41) is 16.4. The summed E-state index contributed by atoms with van der Waals surface area (Å²) in [6.07, 6.45) is 2.78. The number of carbonyl (C=O) groups is 2. The van der Waals surface area contributed by atoms with Gasteiger partial charge in [0, 0.05) is 35.0 Å². The first-order valence-electron chi connectivity index (χ1n) is 12.3. The van der Waals surface area contributed by atoms with Gasteiger partial charge >= 0.3 is 0 Å². The number of imide groups is 1. The van der Waals surface area contributed by atoms with E-state index in [1.54, 1.807) is 18.2 Å². The van der Waals surface area contributed by atoms with Gasteiger partial charge in [-0.25, -0.2) is 4.39 Å². The monoisotopic (exact) mass is 522 g/mol. The molecular formula is C28H28ClFN4O3. The van der Waals surface area contributed by atoms with Crippen LogP contribution in [0.15, 0.2) is 36.4 Å². The van der Waals surface area contributed by atoms with Crippen molar-refractivity contribution in [1.82, 2.24) is 15.2 Å². The molecule has 0 unspecified atom stereocenters. The number of amides is 2. The molecule has 1 aliphatic rings. The number of hydrogen-bond acceptors (Lipinski definition) is 5. The van der Waals surface area contributed by atoms with E-state index in [4.69, 9.17) is 17.3 Å². The van der Waals surface area contributed by atoms with Crippen LogP contribution in [0.25, 0.3) is 32.9 Å². The summed E-state index contributed by atoms with van der Waals surface area (Å²) in [5.41, 5.74) is 9.80. The van der Waals surface area contributed by atoms with Crippen LogP contribution >= 0.6 is 11.6 Å². The highest BCUT2D eigenvalue weighted by atomic mass is 35.5. The summed E-state index contributed by atoms with van der Waals surface area (Å²) >= 11 is 6.54. The number of nitrogens with two attached hydrogens (primary N) is 1. The molecule has 3 aromatic carbocycles. The molecule has 2 amide bonds. The van der Waals surface area contributed by atoms with E-state index >= 15 is 4.39 Å². The van der Waals surface area contributed by atoms with Crippen molar-refractivity contribution in [2.75, 3.05) is 25.9 Å². The summed E-state index contributed by atoms with van der Waals surface area (Å²) in [7, 11) is 1.89. The molecule has 7 nitrogen and oxygen atoms in total. The van der Waals surface area contributed by atoms with Crippen LogP contribution in [0.3, 0.4) is 0 Å². The number of aliphatic hydroxyl groups excluding tert-OH is 1. The third kappa shape index (κ3) is 4.25. The van der Waals surface area contributed by atoms with E-state index in [-0.39, 0.29) is 28.6 Å². The number of unbranched alkanes of at least 4 members (excludes halogenated alkanes) is 1. The third-order valence-corrected chi connectivity index (χ3v) is 7.41.